The summed E-state index contributed by atoms with van der Waals surface area (Å²) in [7, 11) is 2.08. The van der Waals surface area contributed by atoms with Crippen LogP contribution in [0.3, 0.4) is 0 Å². The van der Waals surface area contributed by atoms with E-state index in [2.05, 4.69) is 76.4 Å². The topological polar surface area (TPSA) is 3.24 Å². The highest BCUT2D eigenvalue weighted by molar-refractivity contribution is 9.08. The quantitative estimate of drug-likeness (QED) is 0.753. The Kier molecular flexibility index (Phi) is 3.62. The number of para-hydroxylation sites is 1. The number of halogens is 1. The van der Waals surface area contributed by atoms with E-state index >= 15 is 0 Å². The van der Waals surface area contributed by atoms with Crippen LogP contribution in [0, 0.1) is 0 Å². The molecule has 0 saturated carbocycles. The number of rotatable bonds is 3. The summed E-state index contributed by atoms with van der Waals surface area (Å²) in [6.07, 6.45) is 0. The van der Waals surface area contributed by atoms with Gasteiger partial charge in [-0.25, -0.2) is 0 Å². The van der Waals surface area contributed by atoms with Gasteiger partial charge in [-0.05, 0) is 29.8 Å². The molecule has 0 saturated heterocycles. The molecule has 0 spiro atoms. The summed E-state index contributed by atoms with van der Waals surface area (Å²) in [5.41, 5.74) is 3.70. The highest BCUT2D eigenvalue weighted by Gasteiger charge is 2.02. The zero-order valence-electron chi connectivity index (χ0n) is 9.23. The van der Waals surface area contributed by atoms with Gasteiger partial charge in [0.2, 0.25) is 0 Å². The lowest BCUT2D eigenvalue weighted by molar-refractivity contribution is 1.20. The van der Waals surface area contributed by atoms with E-state index < -0.39 is 0 Å². The second-order valence-corrected chi connectivity index (χ2v) is 4.26. The molecule has 0 aliphatic rings. The fourth-order valence-corrected chi connectivity index (χ4v) is 1.98. The van der Waals surface area contributed by atoms with Gasteiger partial charge < -0.3 is 4.90 Å². The molecule has 16 heavy (non-hydrogen) atoms. The predicted octanol–water partition coefficient (Wildman–Crippen LogP) is 4.35. The van der Waals surface area contributed by atoms with Crippen LogP contribution in [0.25, 0.3) is 0 Å². The van der Waals surface area contributed by atoms with Crippen molar-refractivity contribution < 1.29 is 0 Å². The minimum absolute atomic E-state index is 0.905. The average molecular weight is 276 g/mol. The third-order valence-corrected chi connectivity index (χ3v) is 3.27. The van der Waals surface area contributed by atoms with Crippen LogP contribution >= 0.6 is 15.9 Å². The smallest absolute Gasteiger partial charge is 0.0408 e. The Labute approximate surface area is 105 Å². The van der Waals surface area contributed by atoms with Gasteiger partial charge in [0.25, 0.3) is 0 Å². The molecular weight excluding hydrogens is 262 g/mol. The lowest BCUT2D eigenvalue weighted by atomic mass is 10.2. The zero-order valence-corrected chi connectivity index (χ0v) is 10.8. The monoisotopic (exact) mass is 275 g/mol. The standard InChI is InChI=1S/C14H14BrN/c1-16(13-5-3-2-4-6-13)14-9-7-12(11-15)8-10-14/h2-10H,11H2,1H3. The molecule has 0 atom stereocenters. The average Bonchev–Trinajstić information content (AvgIpc) is 2.39. The molecule has 0 radical (unpaired) electrons. The van der Waals surface area contributed by atoms with Crippen LogP contribution in [0.15, 0.2) is 54.6 Å². The first-order valence-corrected chi connectivity index (χ1v) is 6.37. The minimum Gasteiger partial charge on any atom is -0.345 e. The number of hydrogen-bond acceptors (Lipinski definition) is 1. The number of anilines is 2. The maximum Gasteiger partial charge on any atom is 0.0408 e. The van der Waals surface area contributed by atoms with Gasteiger partial charge in [-0.3, -0.25) is 0 Å². The lowest BCUT2D eigenvalue weighted by Crippen LogP contribution is -2.08. The number of nitrogens with zero attached hydrogens (tertiary/aromatic N) is 1. The fourth-order valence-electron chi connectivity index (χ4n) is 1.61. The molecule has 0 aliphatic heterocycles. The first-order chi connectivity index (χ1) is 7.81. The summed E-state index contributed by atoms with van der Waals surface area (Å²) >= 11 is 3.45. The molecular formula is C14H14BrN. The van der Waals surface area contributed by atoms with E-state index in [1.165, 1.54) is 16.9 Å². The van der Waals surface area contributed by atoms with Crippen molar-refractivity contribution in [1.82, 2.24) is 0 Å². The van der Waals surface area contributed by atoms with Crippen molar-refractivity contribution in [2.75, 3.05) is 11.9 Å². The van der Waals surface area contributed by atoms with Crippen molar-refractivity contribution in [1.29, 1.82) is 0 Å². The molecule has 2 heteroatoms. The molecule has 2 aromatic carbocycles. The Hall–Kier alpha value is -1.28. The van der Waals surface area contributed by atoms with Gasteiger partial charge >= 0.3 is 0 Å². The highest BCUT2D eigenvalue weighted by atomic mass is 79.9. The molecule has 0 fully saturated rings. The van der Waals surface area contributed by atoms with Crippen LogP contribution in [-0.4, -0.2) is 7.05 Å². The van der Waals surface area contributed by atoms with Crippen LogP contribution < -0.4 is 4.90 Å². The highest BCUT2D eigenvalue weighted by Crippen LogP contribution is 2.23. The van der Waals surface area contributed by atoms with E-state index in [1.54, 1.807) is 0 Å². The van der Waals surface area contributed by atoms with Crippen molar-refractivity contribution in [3.8, 4) is 0 Å². The second kappa shape index (κ2) is 5.17. The Morgan fingerprint density at radius 3 is 2.00 bits per heavy atom. The lowest BCUT2D eigenvalue weighted by Gasteiger charge is -2.19. The summed E-state index contributed by atoms with van der Waals surface area (Å²) in [4.78, 5) is 2.18. The van der Waals surface area contributed by atoms with E-state index in [0.717, 1.165) is 5.33 Å². The molecule has 0 N–H and O–H groups in total. The van der Waals surface area contributed by atoms with Crippen LogP contribution in [0.2, 0.25) is 0 Å². The summed E-state index contributed by atoms with van der Waals surface area (Å²) in [5.74, 6) is 0. The first kappa shape index (κ1) is 11.2. The Morgan fingerprint density at radius 2 is 1.44 bits per heavy atom. The van der Waals surface area contributed by atoms with Crippen LogP contribution in [0.1, 0.15) is 5.56 Å². The molecule has 2 rings (SSSR count). The summed E-state index contributed by atoms with van der Waals surface area (Å²) in [5, 5.41) is 0.905. The van der Waals surface area contributed by atoms with Crippen LogP contribution in [0.4, 0.5) is 11.4 Å². The number of hydrogen-bond donors (Lipinski definition) is 0. The molecule has 0 heterocycles. The third kappa shape index (κ3) is 2.45. The van der Waals surface area contributed by atoms with Crippen molar-refractivity contribution in [2.45, 2.75) is 5.33 Å². The van der Waals surface area contributed by atoms with E-state index in [1.807, 2.05) is 6.07 Å². The molecule has 0 unspecified atom stereocenters. The summed E-state index contributed by atoms with van der Waals surface area (Å²) < 4.78 is 0. The van der Waals surface area contributed by atoms with Crippen molar-refractivity contribution in [3.05, 3.63) is 60.2 Å². The first-order valence-electron chi connectivity index (χ1n) is 5.25. The van der Waals surface area contributed by atoms with Gasteiger partial charge in [0.15, 0.2) is 0 Å². The van der Waals surface area contributed by atoms with Crippen molar-refractivity contribution in [2.24, 2.45) is 0 Å². The zero-order chi connectivity index (χ0) is 11.4. The summed E-state index contributed by atoms with van der Waals surface area (Å²) in [6.45, 7) is 0. The number of alkyl halides is 1. The number of benzene rings is 2. The fraction of sp³-hybridized carbons (Fsp3) is 0.143. The third-order valence-electron chi connectivity index (χ3n) is 2.62. The Morgan fingerprint density at radius 1 is 0.875 bits per heavy atom. The Balaban J connectivity index is 2.24. The predicted molar refractivity (Wildman–Crippen MR) is 73.6 cm³/mol. The van der Waals surface area contributed by atoms with Gasteiger partial charge in [0.1, 0.15) is 0 Å². The van der Waals surface area contributed by atoms with Crippen LogP contribution in [0.5, 0.6) is 0 Å². The molecule has 1 nitrogen and oxygen atoms in total. The van der Waals surface area contributed by atoms with Gasteiger partial charge in [-0.15, -0.1) is 0 Å². The SMILES string of the molecule is CN(c1ccccc1)c1ccc(CBr)cc1. The molecule has 82 valence electrons. The molecule has 0 bridgehead atoms. The Bertz CT molecular complexity index is 436. The van der Waals surface area contributed by atoms with Crippen molar-refractivity contribution in [3.63, 3.8) is 0 Å². The van der Waals surface area contributed by atoms with E-state index in [9.17, 15) is 0 Å². The molecule has 0 amide bonds. The van der Waals surface area contributed by atoms with E-state index in [-0.39, 0.29) is 0 Å². The summed E-state index contributed by atoms with van der Waals surface area (Å²) in [6, 6.07) is 18.9. The molecule has 0 aliphatic carbocycles. The van der Waals surface area contributed by atoms with Crippen LogP contribution in [-0.2, 0) is 5.33 Å². The minimum atomic E-state index is 0.905. The van der Waals surface area contributed by atoms with Gasteiger partial charge in [0.05, 0.1) is 0 Å². The maximum atomic E-state index is 3.45. The normalized spacial score (nSPS) is 10.1. The maximum absolute atomic E-state index is 3.45. The van der Waals surface area contributed by atoms with Gasteiger partial charge in [-0.1, -0.05) is 46.3 Å². The van der Waals surface area contributed by atoms with Gasteiger partial charge in [-0.2, -0.15) is 0 Å². The van der Waals surface area contributed by atoms with Gasteiger partial charge in [0, 0.05) is 23.8 Å². The van der Waals surface area contributed by atoms with E-state index in [0.29, 0.717) is 0 Å². The molecule has 2 aromatic rings. The van der Waals surface area contributed by atoms with Crippen molar-refractivity contribution >= 4 is 27.3 Å². The largest absolute Gasteiger partial charge is 0.345 e. The second-order valence-electron chi connectivity index (χ2n) is 3.69. The van der Waals surface area contributed by atoms with E-state index in [4.69, 9.17) is 0 Å². The molecule has 0 aromatic heterocycles.